The zero-order chi connectivity index (χ0) is 15.7. The van der Waals surface area contributed by atoms with Crippen LogP contribution >= 0.6 is 0 Å². The average Bonchev–Trinajstić information content (AvgIpc) is 2.83. The molecule has 1 atom stereocenters. The Kier molecular flexibility index (Phi) is 4.51. The predicted molar refractivity (Wildman–Crippen MR) is 66.6 cm³/mol. The van der Waals surface area contributed by atoms with Crippen molar-refractivity contribution in [1.29, 1.82) is 0 Å². The third-order valence-electron chi connectivity index (χ3n) is 4.39. The van der Waals surface area contributed by atoms with Crippen LogP contribution in [0.15, 0.2) is 0 Å². The molecule has 5 nitrogen and oxygen atoms in total. The van der Waals surface area contributed by atoms with Gasteiger partial charge >= 0.3 is 6.18 Å². The summed E-state index contributed by atoms with van der Waals surface area (Å²) < 4.78 is 48.8. The lowest BCUT2D eigenvalue weighted by Gasteiger charge is -2.38. The number of carbonyl (C=O) groups is 1. The Morgan fingerprint density at radius 1 is 1.33 bits per heavy atom. The molecule has 21 heavy (non-hydrogen) atoms. The van der Waals surface area contributed by atoms with Crippen LogP contribution in [-0.4, -0.2) is 67.7 Å². The van der Waals surface area contributed by atoms with Gasteiger partial charge in [-0.1, -0.05) is 0 Å². The molecule has 122 valence electrons. The maximum atomic E-state index is 12.8. The van der Waals surface area contributed by atoms with Crippen molar-refractivity contribution in [2.75, 3.05) is 40.0 Å². The Balaban J connectivity index is 2.12. The molecule has 1 amide bonds. The van der Waals surface area contributed by atoms with E-state index in [4.69, 9.17) is 9.47 Å². The molecule has 2 saturated heterocycles. The second-order valence-corrected chi connectivity index (χ2v) is 5.83. The maximum absolute atomic E-state index is 12.8. The zero-order valence-corrected chi connectivity index (χ0v) is 11.9. The van der Waals surface area contributed by atoms with Gasteiger partial charge in [-0.25, -0.2) is 0 Å². The molecule has 0 saturated carbocycles. The first-order valence-electron chi connectivity index (χ1n) is 6.89. The molecule has 2 aliphatic heterocycles. The molecular weight excluding hydrogens is 291 g/mol. The minimum Gasteiger partial charge on any atom is -0.384 e. The lowest BCUT2D eigenvalue weighted by molar-refractivity contribution is -0.253. The van der Waals surface area contributed by atoms with Gasteiger partial charge < -0.3 is 19.5 Å². The number of likely N-dealkylation sites (tertiary alicyclic amines) is 1. The molecule has 0 aromatic carbocycles. The van der Waals surface area contributed by atoms with Crippen molar-refractivity contribution in [3.05, 3.63) is 0 Å². The summed E-state index contributed by atoms with van der Waals surface area (Å²) in [5.74, 6) is -0.382. The van der Waals surface area contributed by atoms with Gasteiger partial charge in [0.1, 0.15) is 0 Å². The normalized spacial score (nSPS) is 29.7. The highest BCUT2D eigenvalue weighted by atomic mass is 19.4. The van der Waals surface area contributed by atoms with Crippen molar-refractivity contribution in [3.63, 3.8) is 0 Å². The molecule has 2 rings (SSSR count). The van der Waals surface area contributed by atoms with Crippen LogP contribution in [0.4, 0.5) is 13.2 Å². The van der Waals surface area contributed by atoms with Crippen LogP contribution < -0.4 is 0 Å². The van der Waals surface area contributed by atoms with Crippen LogP contribution in [-0.2, 0) is 14.3 Å². The number of methoxy groups -OCH3 is 1. The van der Waals surface area contributed by atoms with E-state index in [1.54, 1.807) is 0 Å². The first-order chi connectivity index (χ1) is 9.74. The highest BCUT2D eigenvalue weighted by Crippen LogP contribution is 2.40. The lowest BCUT2D eigenvalue weighted by atomic mass is 9.79. The summed E-state index contributed by atoms with van der Waals surface area (Å²) in [6.07, 6.45) is -4.38. The summed E-state index contributed by atoms with van der Waals surface area (Å²) >= 11 is 0. The molecule has 0 aromatic rings. The largest absolute Gasteiger partial charge is 0.419 e. The fourth-order valence-corrected chi connectivity index (χ4v) is 2.99. The first-order valence-corrected chi connectivity index (χ1v) is 6.89. The minimum atomic E-state index is -4.73. The van der Waals surface area contributed by atoms with Crippen molar-refractivity contribution in [2.24, 2.45) is 5.41 Å². The summed E-state index contributed by atoms with van der Waals surface area (Å²) in [7, 11) is 1.46. The topological polar surface area (TPSA) is 59.0 Å². The molecule has 1 N–H and O–H groups in total. The van der Waals surface area contributed by atoms with Crippen molar-refractivity contribution in [2.45, 2.75) is 31.0 Å². The van der Waals surface area contributed by atoms with Gasteiger partial charge in [-0.2, -0.15) is 13.2 Å². The van der Waals surface area contributed by atoms with Crippen LogP contribution in [0.5, 0.6) is 0 Å². The highest BCUT2D eigenvalue weighted by molar-refractivity contribution is 5.83. The third-order valence-corrected chi connectivity index (χ3v) is 4.39. The van der Waals surface area contributed by atoms with Crippen LogP contribution in [0.1, 0.15) is 19.3 Å². The van der Waals surface area contributed by atoms with Gasteiger partial charge in [0.15, 0.2) is 5.60 Å². The van der Waals surface area contributed by atoms with E-state index in [0.717, 1.165) is 4.90 Å². The van der Waals surface area contributed by atoms with E-state index in [2.05, 4.69) is 0 Å². The number of hydrogen-bond donors (Lipinski definition) is 1. The number of β-amino-alcohol motifs (C(OH)–C–C–N with tert-alkyl or cyclic N) is 1. The number of hydrogen-bond acceptors (Lipinski definition) is 4. The van der Waals surface area contributed by atoms with Gasteiger partial charge in [-0.3, -0.25) is 4.79 Å². The fraction of sp³-hybridized carbons (Fsp3) is 0.923. The maximum Gasteiger partial charge on any atom is 0.419 e. The molecule has 8 heteroatoms. The summed E-state index contributed by atoms with van der Waals surface area (Å²) in [5, 5.41) is 9.68. The molecular formula is C13H20F3NO4. The van der Waals surface area contributed by atoms with Crippen LogP contribution in [0.3, 0.4) is 0 Å². The summed E-state index contributed by atoms with van der Waals surface area (Å²) in [6, 6.07) is 0. The van der Waals surface area contributed by atoms with Crippen molar-refractivity contribution in [1.82, 2.24) is 4.90 Å². The molecule has 2 heterocycles. The number of nitrogens with zero attached hydrogens (tertiary/aromatic N) is 1. The van der Waals surface area contributed by atoms with Gasteiger partial charge in [-0.15, -0.1) is 0 Å². The van der Waals surface area contributed by atoms with E-state index in [1.807, 2.05) is 0 Å². The second kappa shape index (κ2) is 5.73. The SMILES string of the molecule is COCC1(C(=O)N2CCC(O)(C(F)(F)F)C2)CCOCC1. The second-order valence-electron chi connectivity index (χ2n) is 5.83. The quantitative estimate of drug-likeness (QED) is 0.843. The number of alkyl halides is 3. The van der Waals surface area contributed by atoms with E-state index < -0.39 is 30.2 Å². The first kappa shape index (κ1) is 16.5. The van der Waals surface area contributed by atoms with Crippen molar-refractivity contribution >= 4 is 5.91 Å². The van der Waals surface area contributed by atoms with E-state index in [-0.39, 0.29) is 19.1 Å². The third kappa shape index (κ3) is 3.02. The van der Waals surface area contributed by atoms with Gasteiger partial charge in [0, 0.05) is 33.3 Å². The number of rotatable bonds is 3. The van der Waals surface area contributed by atoms with Gasteiger partial charge in [-0.05, 0) is 12.8 Å². The van der Waals surface area contributed by atoms with Crippen LogP contribution in [0.25, 0.3) is 0 Å². The van der Waals surface area contributed by atoms with Gasteiger partial charge in [0.05, 0.1) is 18.6 Å². The monoisotopic (exact) mass is 311 g/mol. The molecule has 0 spiro atoms. The molecule has 0 bridgehead atoms. The number of aliphatic hydroxyl groups is 1. The van der Waals surface area contributed by atoms with Crippen molar-refractivity contribution in [3.8, 4) is 0 Å². The fourth-order valence-electron chi connectivity index (χ4n) is 2.99. The standard InChI is InChI=1S/C13H20F3NO4/c1-20-9-11(3-6-21-7-4-11)10(18)17-5-2-12(19,8-17)13(14,15)16/h19H,2-9H2,1H3. The average molecular weight is 311 g/mol. The molecule has 0 radical (unpaired) electrons. The summed E-state index contributed by atoms with van der Waals surface area (Å²) in [4.78, 5) is 13.7. The molecule has 2 aliphatic rings. The molecule has 0 aromatic heterocycles. The van der Waals surface area contributed by atoms with Crippen LogP contribution in [0.2, 0.25) is 0 Å². The summed E-state index contributed by atoms with van der Waals surface area (Å²) in [6.45, 7) is 0.109. The Morgan fingerprint density at radius 3 is 2.43 bits per heavy atom. The van der Waals surface area contributed by atoms with E-state index in [0.29, 0.717) is 26.1 Å². The number of carbonyl (C=O) groups excluding carboxylic acids is 1. The smallest absolute Gasteiger partial charge is 0.384 e. The Morgan fingerprint density at radius 2 is 1.95 bits per heavy atom. The Hall–Kier alpha value is -0.860. The Bertz CT molecular complexity index is 390. The molecule has 1 unspecified atom stereocenters. The van der Waals surface area contributed by atoms with Gasteiger partial charge in [0.25, 0.3) is 0 Å². The number of amides is 1. The van der Waals surface area contributed by atoms with Crippen molar-refractivity contribution < 1.29 is 32.5 Å². The lowest BCUT2D eigenvalue weighted by Crippen LogP contribution is -2.52. The molecule has 2 fully saturated rings. The number of halogens is 3. The highest BCUT2D eigenvalue weighted by Gasteiger charge is 2.59. The minimum absolute atomic E-state index is 0.0961. The predicted octanol–water partition coefficient (Wildman–Crippen LogP) is 0.955. The number of ether oxygens (including phenoxy) is 2. The molecule has 0 aliphatic carbocycles. The summed E-state index contributed by atoms with van der Waals surface area (Å²) in [5.41, 5.74) is -3.65. The zero-order valence-electron chi connectivity index (χ0n) is 11.9. The van der Waals surface area contributed by atoms with E-state index in [9.17, 15) is 23.1 Å². The van der Waals surface area contributed by atoms with E-state index in [1.165, 1.54) is 7.11 Å². The van der Waals surface area contributed by atoms with E-state index >= 15 is 0 Å². The Labute approximate surface area is 121 Å². The van der Waals surface area contributed by atoms with Crippen LogP contribution in [0, 0.1) is 5.41 Å². The van der Waals surface area contributed by atoms with Gasteiger partial charge in [0.2, 0.25) is 5.91 Å².